The van der Waals surface area contributed by atoms with Crippen LogP contribution in [0, 0.1) is 13.8 Å². The largest absolute Gasteiger partial charge is 0.493 e. The molecule has 0 saturated heterocycles. The number of aryl methyl sites for hydroxylation is 3. The van der Waals surface area contributed by atoms with Crippen LogP contribution in [0.1, 0.15) is 45.6 Å². The summed E-state index contributed by atoms with van der Waals surface area (Å²) in [7, 11) is 3.36. The summed E-state index contributed by atoms with van der Waals surface area (Å²) in [5, 5.41) is 10.4. The summed E-state index contributed by atoms with van der Waals surface area (Å²) in [6.45, 7) is 6.26. The first-order valence-electron chi connectivity index (χ1n) is 10.9. The minimum Gasteiger partial charge on any atom is -0.493 e. The first kappa shape index (κ1) is 22.4. The van der Waals surface area contributed by atoms with E-state index in [2.05, 4.69) is 15.7 Å². The number of ether oxygens (including phenoxy) is 2. The van der Waals surface area contributed by atoms with Crippen molar-refractivity contribution in [2.45, 2.75) is 32.7 Å². The van der Waals surface area contributed by atoms with E-state index in [0.717, 1.165) is 22.4 Å². The highest BCUT2D eigenvalue weighted by molar-refractivity contribution is 6.03. The third-order valence-corrected chi connectivity index (χ3v) is 5.88. The number of hydrogen-bond donors (Lipinski definition) is 2. The Morgan fingerprint density at radius 2 is 1.88 bits per heavy atom. The molecule has 2 amide bonds. The molecule has 33 heavy (non-hydrogen) atoms. The zero-order chi connectivity index (χ0) is 23.7. The van der Waals surface area contributed by atoms with E-state index in [4.69, 9.17) is 9.47 Å². The van der Waals surface area contributed by atoms with Gasteiger partial charge in [-0.05, 0) is 50.6 Å². The van der Waals surface area contributed by atoms with E-state index in [-0.39, 0.29) is 11.8 Å². The monoisotopic (exact) mass is 448 g/mol. The maximum atomic E-state index is 13.2. The Kier molecular flexibility index (Phi) is 6.09. The van der Waals surface area contributed by atoms with Crippen molar-refractivity contribution in [3.63, 3.8) is 0 Å². The van der Waals surface area contributed by atoms with E-state index >= 15 is 0 Å². The van der Waals surface area contributed by atoms with Gasteiger partial charge in [0.1, 0.15) is 11.9 Å². The Bertz CT molecular complexity index is 1200. The van der Waals surface area contributed by atoms with Crippen LogP contribution in [0.5, 0.6) is 11.5 Å². The van der Waals surface area contributed by atoms with Gasteiger partial charge in [-0.25, -0.2) is 0 Å². The van der Waals surface area contributed by atoms with Crippen LogP contribution in [0.25, 0.3) is 0 Å². The van der Waals surface area contributed by atoms with Crippen molar-refractivity contribution in [1.82, 2.24) is 15.1 Å². The number of carbonyl (C=O) groups is 2. The van der Waals surface area contributed by atoms with Crippen LogP contribution in [-0.2, 0) is 11.8 Å². The van der Waals surface area contributed by atoms with Gasteiger partial charge in [-0.2, -0.15) is 5.10 Å². The quantitative estimate of drug-likeness (QED) is 0.603. The van der Waals surface area contributed by atoms with Crippen molar-refractivity contribution >= 4 is 17.6 Å². The van der Waals surface area contributed by atoms with Gasteiger partial charge in [0, 0.05) is 24.1 Å². The van der Waals surface area contributed by atoms with Gasteiger partial charge in [0.15, 0.2) is 11.5 Å². The fraction of sp³-hybridized carbons (Fsp3) is 0.320. The molecule has 2 aromatic carbocycles. The van der Waals surface area contributed by atoms with Gasteiger partial charge in [-0.1, -0.05) is 23.8 Å². The third-order valence-electron chi connectivity index (χ3n) is 5.88. The molecular formula is C25H28N4O4. The second kappa shape index (κ2) is 8.97. The average molecular weight is 449 g/mol. The lowest BCUT2D eigenvalue weighted by atomic mass is 9.81. The molecule has 0 radical (unpaired) electrons. The Balaban J connectivity index is 1.79. The van der Waals surface area contributed by atoms with E-state index in [1.54, 1.807) is 31.0 Å². The molecule has 0 bridgehead atoms. The Morgan fingerprint density at radius 1 is 1.15 bits per heavy atom. The van der Waals surface area contributed by atoms with Crippen LogP contribution >= 0.6 is 0 Å². The van der Waals surface area contributed by atoms with Crippen LogP contribution in [0.15, 0.2) is 42.5 Å². The molecule has 4 rings (SSSR count). The molecule has 1 aliphatic heterocycles. The maximum absolute atomic E-state index is 13.2. The number of methoxy groups -OCH3 is 1. The van der Waals surface area contributed by atoms with Crippen molar-refractivity contribution in [3.8, 4) is 11.5 Å². The third kappa shape index (κ3) is 4.16. The maximum Gasteiger partial charge on any atom is 0.251 e. The number of hydrogen-bond acceptors (Lipinski definition) is 5. The molecule has 2 atom stereocenters. The van der Waals surface area contributed by atoms with Crippen LogP contribution in [0.3, 0.4) is 0 Å². The zero-order valence-electron chi connectivity index (χ0n) is 19.4. The van der Waals surface area contributed by atoms with Crippen molar-refractivity contribution in [2.75, 3.05) is 19.0 Å². The highest BCUT2D eigenvalue weighted by atomic mass is 16.5. The number of nitrogens with one attached hydrogen (secondary N) is 2. The predicted octanol–water partition coefficient (Wildman–Crippen LogP) is 3.33. The molecule has 2 N–H and O–H groups in total. The fourth-order valence-electron chi connectivity index (χ4n) is 4.30. The Labute approximate surface area is 192 Å². The number of nitrogens with zero attached hydrogens (tertiary/aromatic N) is 2. The molecule has 0 aliphatic carbocycles. The zero-order valence-corrected chi connectivity index (χ0v) is 19.4. The van der Waals surface area contributed by atoms with Gasteiger partial charge in [-0.15, -0.1) is 0 Å². The molecule has 0 fully saturated rings. The van der Waals surface area contributed by atoms with E-state index in [0.29, 0.717) is 29.5 Å². The van der Waals surface area contributed by atoms with Crippen LogP contribution < -0.4 is 20.1 Å². The lowest BCUT2D eigenvalue weighted by molar-refractivity contribution is -0.118. The molecule has 8 heteroatoms. The molecule has 2 heterocycles. The molecule has 1 aromatic heterocycles. The van der Waals surface area contributed by atoms with Gasteiger partial charge < -0.3 is 20.1 Å². The van der Waals surface area contributed by atoms with Crippen molar-refractivity contribution in [3.05, 3.63) is 70.4 Å². The summed E-state index contributed by atoms with van der Waals surface area (Å²) in [5.41, 5.74) is 4.00. The molecule has 0 spiro atoms. The number of fused-ring (bicyclic) bond motifs is 1. The van der Waals surface area contributed by atoms with Gasteiger partial charge in [0.05, 0.1) is 19.4 Å². The number of amides is 2. The lowest BCUT2D eigenvalue weighted by Crippen LogP contribution is -2.50. The second-order valence-electron chi connectivity index (χ2n) is 8.10. The van der Waals surface area contributed by atoms with E-state index in [9.17, 15) is 9.59 Å². The predicted molar refractivity (Wildman–Crippen MR) is 125 cm³/mol. The first-order valence-corrected chi connectivity index (χ1v) is 10.9. The molecular weight excluding hydrogens is 420 g/mol. The van der Waals surface area contributed by atoms with Crippen molar-refractivity contribution in [1.29, 1.82) is 0 Å². The second-order valence-corrected chi connectivity index (χ2v) is 8.10. The summed E-state index contributed by atoms with van der Waals surface area (Å²) in [4.78, 5) is 26.3. The smallest absolute Gasteiger partial charge is 0.251 e. The molecule has 0 unspecified atom stereocenters. The van der Waals surface area contributed by atoms with Gasteiger partial charge in [-0.3, -0.25) is 14.3 Å². The molecule has 172 valence electrons. The van der Waals surface area contributed by atoms with Crippen LogP contribution in [-0.4, -0.2) is 41.4 Å². The van der Waals surface area contributed by atoms with Crippen molar-refractivity contribution in [2.24, 2.45) is 7.05 Å². The molecule has 3 aromatic rings. The highest BCUT2D eigenvalue weighted by Gasteiger charge is 2.41. The van der Waals surface area contributed by atoms with Crippen LogP contribution in [0.2, 0.25) is 0 Å². The number of anilines is 1. The summed E-state index contributed by atoms with van der Waals surface area (Å²) in [5.74, 6) is 0.726. The standard InChI is InChI=1S/C25H28N4O4/c1-6-33-18-12-11-17(13-19(18)32-5)21-20-15(3)28-29(4)23(20)27-25(31)22(21)26-24(30)16-9-7-14(2)8-10-16/h7-13,21-22H,6H2,1-5H3,(H,26,30)(H,27,31)/t21-,22-/m1/s1. The topological polar surface area (TPSA) is 94.5 Å². The number of rotatable bonds is 6. The van der Waals surface area contributed by atoms with Crippen molar-refractivity contribution < 1.29 is 19.1 Å². The van der Waals surface area contributed by atoms with Gasteiger partial charge in [0.2, 0.25) is 5.91 Å². The highest BCUT2D eigenvalue weighted by Crippen LogP contribution is 2.41. The van der Waals surface area contributed by atoms with Gasteiger partial charge in [0.25, 0.3) is 5.91 Å². The van der Waals surface area contributed by atoms with Crippen LogP contribution in [0.4, 0.5) is 5.82 Å². The first-order chi connectivity index (χ1) is 15.8. The number of carbonyl (C=O) groups excluding carboxylic acids is 2. The fourth-order valence-corrected chi connectivity index (χ4v) is 4.30. The summed E-state index contributed by atoms with van der Waals surface area (Å²) in [6.07, 6.45) is 0. The lowest BCUT2D eigenvalue weighted by Gasteiger charge is -2.33. The minimum atomic E-state index is -0.836. The molecule has 0 saturated carbocycles. The number of aromatic nitrogens is 2. The summed E-state index contributed by atoms with van der Waals surface area (Å²) >= 11 is 0. The normalized spacial score (nSPS) is 17.2. The van der Waals surface area contributed by atoms with E-state index in [1.807, 2.05) is 51.1 Å². The van der Waals surface area contributed by atoms with Gasteiger partial charge >= 0.3 is 0 Å². The van der Waals surface area contributed by atoms with E-state index in [1.165, 1.54) is 0 Å². The SMILES string of the molecule is CCOc1ccc([C@@H]2c3c(C)nn(C)c3NC(=O)[C@@H]2NC(=O)c2ccc(C)cc2)cc1OC. The summed E-state index contributed by atoms with van der Waals surface area (Å²) in [6, 6.07) is 12.0. The van der Waals surface area contributed by atoms with E-state index < -0.39 is 12.0 Å². The summed E-state index contributed by atoms with van der Waals surface area (Å²) < 4.78 is 12.9. The molecule has 8 nitrogen and oxygen atoms in total. The minimum absolute atomic E-state index is 0.302. The Hall–Kier alpha value is -3.81. The number of benzene rings is 2. The molecule has 1 aliphatic rings. The average Bonchev–Trinajstić information content (AvgIpc) is 3.08. The Morgan fingerprint density at radius 3 is 2.55 bits per heavy atom.